The third-order valence-electron chi connectivity index (χ3n) is 14.7. The Morgan fingerprint density at radius 1 is 0.954 bits per heavy atom. The fourth-order valence-corrected chi connectivity index (χ4v) is 10.4. The molecule has 18 atom stereocenters. The first-order chi connectivity index (χ1) is 30.5. The third kappa shape index (κ3) is 11.6. The molecular formula is C48H82N4O13. The Morgan fingerprint density at radius 3 is 2.25 bits per heavy atom. The molecule has 1 aromatic rings. The van der Waals surface area contributed by atoms with E-state index in [-0.39, 0.29) is 43.9 Å². The highest BCUT2D eigenvalue weighted by atomic mass is 16.7. The smallest absolute Gasteiger partial charge is 0.311 e. The van der Waals surface area contributed by atoms with Crippen LogP contribution >= 0.6 is 0 Å². The van der Waals surface area contributed by atoms with E-state index in [1.807, 2.05) is 70.8 Å². The van der Waals surface area contributed by atoms with Gasteiger partial charge in [-0.3, -0.25) is 4.79 Å². The van der Waals surface area contributed by atoms with Crippen LogP contribution in [0.25, 0.3) is 0 Å². The predicted octanol–water partition coefficient (Wildman–Crippen LogP) is 4.03. The average molecular weight is 923 g/mol. The molecule has 0 amide bonds. The Bertz CT molecular complexity index is 1720. The number of nitrogens with one attached hydrogen (secondary N) is 2. The fraction of sp³-hybridized carbons (Fsp3) is 0.833. The third-order valence-corrected chi connectivity index (χ3v) is 14.7. The minimum absolute atomic E-state index is 0.0909. The zero-order valence-corrected chi connectivity index (χ0v) is 41.4. The van der Waals surface area contributed by atoms with E-state index in [0.29, 0.717) is 37.0 Å². The highest BCUT2D eigenvalue weighted by Crippen LogP contribution is 2.44. The molecule has 4 aliphatic heterocycles. The largest absolute Gasteiger partial charge is 0.497 e. The first-order valence-corrected chi connectivity index (χ1v) is 23.8. The summed E-state index contributed by atoms with van der Waals surface area (Å²) in [4.78, 5) is 21.4. The number of carbonyl (C=O) groups is 1. The Kier molecular flexibility index (Phi) is 17.8. The summed E-state index contributed by atoms with van der Waals surface area (Å²) in [6, 6.07) is 6.95. The minimum Gasteiger partial charge on any atom is -0.497 e. The Balaban J connectivity index is 1.57. The number of hydrogen-bond acceptors (Lipinski definition) is 16. The van der Waals surface area contributed by atoms with Gasteiger partial charge in [0.05, 0.1) is 54.8 Å². The van der Waals surface area contributed by atoms with Crippen molar-refractivity contribution >= 4 is 17.7 Å². The van der Waals surface area contributed by atoms with E-state index < -0.39 is 95.5 Å². The van der Waals surface area contributed by atoms with Crippen molar-refractivity contribution in [1.29, 1.82) is 0 Å². The van der Waals surface area contributed by atoms with Crippen LogP contribution in [0.3, 0.4) is 0 Å². The van der Waals surface area contributed by atoms with Gasteiger partial charge in [0.2, 0.25) is 0 Å². The second kappa shape index (κ2) is 21.7. The van der Waals surface area contributed by atoms with E-state index in [0.717, 1.165) is 6.42 Å². The summed E-state index contributed by atoms with van der Waals surface area (Å²) in [6.45, 7) is 21.1. The van der Waals surface area contributed by atoms with Gasteiger partial charge in [0.25, 0.3) is 6.02 Å². The van der Waals surface area contributed by atoms with E-state index in [4.69, 9.17) is 42.9 Å². The maximum absolute atomic E-state index is 14.6. The lowest BCUT2D eigenvalue weighted by molar-refractivity contribution is -0.335. The molecule has 0 saturated carbocycles. The summed E-state index contributed by atoms with van der Waals surface area (Å²) in [7, 11) is 5.08. The van der Waals surface area contributed by atoms with Crippen molar-refractivity contribution < 1.29 is 63.1 Å². The molecule has 6 N–H and O–H groups in total. The Hall–Kier alpha value is -2.68. The molecule has 4 fully saturated rings. The van der Waals surface area contributed by atoms with E-state index in [9.17, 15) is 25.2 Å². The van der Waals surface area contributed by atoms with Gasteiger partial charge in [-0.05, 0) is 117 Å². The van der Waals surface area contributed by atoms with Gasteiger partial charge in [0, 0.05) is 39.1 Å². The number of aliphatic hydroxyl groups excluding tert-OH is 1. The van der Waals surface area contributed by atoms with Crippen molar-refractivity contribution in [3.05, 3.63) is 24.3 Å². The molecule has 372 valence electrons. The number of ether oxygens (including phenoxy) is 8. The number of esters is 1. The summed E-state index contributed by atoms with van der Waals surface area (Å²) in [6.07, 6.45) is -6.16. The van der Waals surface area contributed by atoms with Crippen LogP contribution in [0.1, 0.15) is 108 Å². The van der Waals surface area contributed by atoms with Crippen molar-refractivity contribution in [3.63, 3.8) is 0 Å². The van der Waals surface area contributed by atoms with Gasteiger partial charge >= 0.3 is 5.97 Å². The molecule has 4 heterocycles. The first kappa shape index (κ1) is 53.3. The summed E-state index contributed by atoms with van der Waals surface area (Å²) >= 11 is 0. The number of amidine groups is 1. The highest BCUT2D eigenvalue weighted by molar-refractivity contribution is 5.79. The van der Waals surface area contributed by atoms with Gasteiger partial charge in [0.1, 0.15) is 34.8 Å². The quantitative estimate of drug-likeness (QED) is 0.129. The number of hydrogen-bond donors (Lipinski definition) is 6. The van der Waals surface area contributed by atoms with E-state index in [1.165, 1.54) is 6.92 Å². The molecule has 17 heteroatoms. The molecule has 1 aromatic carbocycles. The molecule has 17 nitrogen and oxygen atoms in total. The molecule has 4 saturated heterocycles. The van der Waals surface area contributed by atoms with Crippen LogP contribution in [0.4, 0.5) is 5.69 Å². The number of aliphatic imine (C=N–C) groups is 1. The number of benzene rings is 1. The summed E-state index contributed by atoms with van der Waals surface area (Å²) < 4.78 is 51.3. The molecule has 0 unspecified atom stereocenters. The summed E-state index contributed by atoms with van der Waals surface area (Å²) in [5, 5.41) is 55.0. The van der Waals surface area contributed by atoms with Crippen LogP contribution in [-0.2, 0) is 38.0 Å². The number of aliphatic hydroxyl groups is 4. The van der Waals surface area contributed by atoms with Crippen LogP contribution in [0.2, 0.25) is 0 Å². The topological polar surface area (TPSA) is 211 Å². The van der Waals surface area contributed by atoms with Crippen LogP contribution in [0.5, 0.6) is 5.75 Å². The van der Waals surface area contributed by atoms with Crippen LogP contribution in [0, 0.1) is 17.8 Å². The number of carbonyl (C=O) groups excluding carboxylic acids is 1. The number of methoxy groups -OCH3 is 2. The van der Waals surface area contributed by atoms with Crippen LogP contribution in [-0.4, -0.2) is 168 Å². The minimum atomic E-state index is -1.83. The molecule has 0 spiro atoms. The van der Waals surface area contributed by atoms with Crippen molar-refractivity contribution in [2.75, 3.05) is 40.9 Å². The number of likely N-dealkylation sites (N-methyl/N-ethyl adjacent to an activating group) is 1. The van der Waals surface area contributed by atoms with Crippen molar-refractivity contribution in [2.24, 2.45) is 22.7 Å². The SMILES string of the molecule is CCCNC[C@]1(O)[C@H](C)O[C@@H](O[C@H]2[C@H](C)[C@@H](O[C@@H]3O[C@H](C)C[C@H]4[C@H]3OC(=Nc3ccc(OC)cc3)N4C)[C@](C)(O)C[C@@H](C)CN[C@H](C)[C@@H](O)[C@](C)(O)[C@@H](CC)OC(=O)[C@@H]2C)C[C@@]1(C)OC. The maximum atomic E-state index is 14.6. The number of fused-ring (bicyclic) bond motifs is 1. The van der Waals surface area contributed by atoms with Gasteiger partial charge < -0.3 is 73.9 Å². The van der Waals surface area contributed by atoms with Gasteiger partial charge in [-0.1, -0.05) is 27.7 Å². The second-order valence-electron chi connectivity index (χ2n) is 20.0. The monoisotopic (exact) mass is 923 g/mol. The van der Waals surface area contributed by atoms with Gasteiger partial charge in [-0.15, -0.1) is 0 Å². The lowest BCUT2D eigenvalue weighted by Crippen LogP contribution is -2.70. The molecule has 4 aliphatic rings. The second-order valence-corrected chi connectivity index (χ2v) is 20.0. The Morgan fingerprint density at radius 2 is 1.63 bits per heavy atom. The number of rotatable bonds is 12. The predicted molar refractivity (Wildman–Crippen MR) is 245 cm³/mol. The van der Waals surface area contributed by atoms with E-state index >= 15 is 0 Å². The summed E-state index contributed by atoms with van der Waals surface area (Å²) in [5.41, 5.74) is -5.33. The summed E-state index contributed by atoms with van der Waals surface area (Å²) in [5.74, 6) is -1.97. The molecule has 0 bridgehead atoms. The van der Waals surface area contributed by atoms with Crippen molar-refractivity contribution in [1.82, 2.24) is 15.5 Å². The molecular weight excluding hydrogens is 841 g/mol. The molecule has 0 aliphatic carbocycles. The lowest BCUT2D eigenvalue weighted by Gasteiger charge is -2.53. The normalized spacial score (nSPS) is 44.1. The van der Waals surface area contributed by atoms with Crippen LogP contribution in [0.15, 0.2) is 29.3 Å². The fourth-order valence-electron chi connectivity index (χ4n) is 10.4. The Labute approximate surface area is 387 Å². The highest BCUT2D eigenvalue weighted by Gasteiger charge is 2.59. The van der Waals surface area contributed by atoms with Crippen molar-refractivity contribution in [2.45, 2.75) is 198 Å². The maximum Gasteiger partial charge on any atom is 0.311 e. The standard InChI is InChI=1S/C48H82N4O13/c1-15-21-49-26-48(57)32(8)61-37(24-46(48,10)59-14)63-38-29(5)41(45(9,55)23-27(3)25-50-31(7)40(53)47(11,56)36(16-2)62-42(54)30(38)6)65-43-39-35(22-28(4)60-43)52(12)44(64-39)51-33-17-19-34(58-13)20-18-33/h17-20,27-32,35-41,43,49-50,53,55-57H,15-16,21-26H2,1-14H3/t27-,28-,29+,30-,31-,32+,35+,36-,37+,38+,39-,40-,41-,43+,45-,46-,47-,48+/m1/s1. The number of cyclic esters (lactones) is 1. The van der Waals surface area contributed by atoms with Crippen LogP contribution < -0.4 is 15.4 Å². The van der Waals surface area contributed by atoms with Gasteiger partial charge in [-0.2, -0.15) is 4.99 Å². The number of nitrogens with zero attached hydrogens (tertiary/aromatic N) is 2. The van der Waals surface area contributed by atoms with E-state index in [2.05, 4.69) is 10.6 Å². The molecule has 65 heavy (non-hydrogen) atoms. The van der Waals surface area contributed by atoms with Gasteiger partial charge in [-0.25, -0.2) is 0 Å². The first-order valence-electron chi connectivity index (χ1n) is 23.8. The molecule has 0 radical (unpaired) electrons. The molecule has 0 aromatic heterocycles. The van der Waals surface area contributed by atoms with Crippen molar-refractivity contribution in [3.8, 4) is 5.75 Å². The van der Waals surface area contributed by atoms with E-state index in [1.54, 1.807) is 48.8 Å². The average Bonchev–Trinajstić information content (AvgIpc) is 3.57. The lowest BCUT2D eigenvalue weighted by atomic mass is 9.75. The zero-order chi connectivity index (χ0) is 48.2. The zero-order valence-electron chi connectivity index (χ0n) is 41.4. The van der Waals surface area contributed by atoms with Gasteiger partial charge in [0.15, 0.2) is 18.7 Å². The molecule has 5 rings (SSSR count).